The average Bonchev–Trinajstić information content (AvgIpc) is 2.62. The number of ether oxygens (including phenoxy) is 2. The predicted molar refractivity (Wildman–Crippen MR) is 95.1 cm³/mol. The third kappa shape index (κ3) is 5.77. The van der Waals surface area contributed by atoms with Gasteiger partial charge in [-0.2, -0.15) is 13.2 Å². The molecule has 2 rings (SSSR count). The summed E-state index contributed by atoms with van der Waals surface area (Å²) in [5.74, 6) is 0.324. The first kappa shape index (κ1) is 21.9. The molecule has 0 N–H and O–H groups in total. The Morgan fingerprint density at radius 1 is 0.963 bits per heavy atom. The number of alkyl halides is 3. The van der Waals surface area contributed by atoms with Crippen molar-refractivity contribution in [2.24, 2.45) is 0 Å². The maximum atomic E-state index is 12.7. The lowest BCUT2D eigenvalue weighted by atomic mass is 10.2. The van der Waals surface area contributed by atoms with E-state index >= 15 is 0 Å². The highest BCUT2D eigenvalue weighted by Gasteiger charge is 2.31. The van der Waals surface area contributed by atoms with Gasteiger partial charge in [-0.15, -0.1) is 0 Å². The zero-order valence-corrected chi connectivity index (χ0v) is 16.5. The number of benzene rings is 2. The predicted octanol–water partition coefficient (Wildman–Crippen LogP) is 6.63. The molecule has 0 aliphatic heterocycles. The molecule has 0 saturated carbocycles. The maximum Gasteiger partial charge on any atom is 0.416 e. The van der Waals surface area contributed by atoms with E-state index in [1.54, 1.807) is 0 Å². The molecular formula is C16H14Cl2F3O5P. The highest BCUT2D eigenvalue weighted by atomic mass is 35.5. The summed E-state index contributed by atoms with van der Waals surface area (Å²) in [6.07, 6.45) is -4.91. The van der Waals surface area contributed by atoms with E-state index in [1.165, 1.54) is 32.4 Å². The molecule has 0 radical (unpaired) electrons. The highest BCUT2D eigenvalue weighted by molar-refractivity contribution is 7.53. The molecule has 0 unspecified atom stereocenters. The van der Waals surface area contributed by atoms with Crippen molar-refractivity contribution < 1.29 is 36.3 Å². The van der Waals surface area contributed by atoms with Crippen LogP contribution >= 0.6 is 30.8 Å². The Morgan fingerprint density at radius 2 is 1.63 bits per heavy atom. The van der Waals surface area contributed by atoms with Crippen molar-refractivity contribution in [1.29, 1.82) is 0 Å². The van der Waals surface area contributed by atoms with Gasteiger partial charge in [0.05, 0.1) is 15.6 Å². The second-order valence-electron chi connectivity index (χ2n) is 5.09. The summed E-state index contributed by atoms with van der Waals surface area (Å²) in [4.78, 5) is 0. The third-order valence-electron chi connectivity index (χ3n) is 3.32. The number of rotatable bonds is 7. The first-order chi connectivity index (χ1) is 12.6. The Hall–Kier alpha value is -1.44. The Bertz CT molecular complexity index is 852. The van der Waals surface area contributed by atoms with Gasteiger partial charge in [0, 0.05) is 20.3 Å². The van der Waals surface area contributed by atoms with Crippen LogP contribution in [0.1, 0.15) is 5.56 Å². The molecule has 2 aromatic carbocycles. The third-order valence-corrected chi connectivity index (χ3v) is 5.49. The lowest BCUT2D eigenvalue weighted by Crippen LogP contribution is -2.04. The van der Waals surface area contributed by atoms with Gasteiger partial charge in [0.15, 0.2) is 6.35 Å². The van der Waals surface area contributed by atoms with Gasteiger partial charge in [-0.05, 0) is 30.3 Å². The van der Waals surface area contributed by atoms with Gasteiger partial charge >= 0.3 is 13.8 Å². The highest BCUT2D eigenvalue weighted by Crippen LogP contribution is 2.47. The summed E-state index contributed by atoms with van der Waals surface area (Å²) in [6, 6.07) is 6.99. The van der Waals surface area contributed by atoms with E-state index in [0.717, 1.165) is 18.2 Å². The van der Waals surface area contributed by atoms with E-state index in [1.807, 2.05) is 0 Å². The normalized spacial score (nSPS) is 12.1. The molecule has 0 saturated heterocycles. The van der Waals surface area contributed by atoms with Crippen molar-refractivity contribution in [1.82, 2.24) is 0 Å². The Labute approximate surface area is 163 Å². The van der Waals surface area contributed by atoms with Crippen LogP contribution in [0.5, 0.6) is 17.2 Å². The van der Waals surface area contributed by atoms with Crippen LogP contribution in [0.15, 0.2) is 36.4 Å². The Kier molecular flexibility index (Phi) is 7.05. The van der Waals surface area contributed by atoms with E-state index in [2.05, 4.69) is 0 Å². The fourth-order valence-electron chi connectivity index (χ4n) is 1.87. The molecule has 5 nitrogen and oxygen atoms in total. The summed E-state index contributed by atoms with van der Waals surface area (Å²) in [5, 5.41) is -0.0230. The Balaban J connectivity index is 2.20. The SMILES string of the molecule is COP(=O)(COc1cc(Oc2ccc(C(F)(F)F)cc2Cl)ccc1Cl)OC. The molecule has 2 aromatic rings. The quantitative estimate of drug-likeness (QED) is 0.448. The van der Waals surface area contributed by atoms with Gasteiger partial charge in [0.1, 0.15) is 17.2 Å². The minimum Gasteiger partial charge on any atom is -0.479 e. The molecule has 0 spiro atoms. The molecule has 0 heterocycles. The smallest absolute Gasteiger partial charge is 0.416 e. The molecule has 0 atom stereocenters. The van der Waals surface area contributed by atoms with Gasteiger partial charge < -0.3 is 18.5 Å². The lowest BCUT2D eigenvalue weighted by Gasteiger charge is -2.16. The largest absolute Gasteiger partial charge is 0.479 e. The van der Waals surface area contributed by atoms with Crippen LogP contribution in [0.4, 0.5) is 13.2 Å². The van der Waals surface area contributed by atoms with E-state index < -0.39 is 25.7 Å². The van der Waals surface area contributed by atoms with Gasteiger partial charge in [-0.25, -0.2) is 0 Å². The molecule has 0 bridgehead atoms. The monoisotopic (exact) mass is 444 g/mol. The van der Waals surface area contributed by atoms with E-state index in [0.29, 0.717) is 0 Å². The minimum absolute atomic E-state index is 0.0115. The van der Waals surface area contributed by atoms with Crippen molar-refractivity contribution in [3.63, 3.8) is 0 Å². The second kappa shape index (κ2) is 8.71. The van der Waals surface area contributed by atoms with Gasteiger partial charge in [-0.3, -0.25) is 4.57 Å². The van der Waals surface area contributed by atoms with Crippen LogP contribution < -0.4 is 9.47 Å². The molecule has 27 heavy (non-hydrogen) atoms. The van der Waals surface area contributed by atoms with E-state index in [4.69, 9.17) is 41.7 Å². The van der Waals surface area contributed by atoms with Gasteiger partial charge in [0.2, 0.25) is 0 Å². The number of hydrogen-bond acceptors (Lipinski definition) is 5. The molecule has 0 amide bonds. The maximum absolute atomic E-state index is 12.7. The van der Waals surface area contributed by atoms with Crippen molar-refractivity contribution in [3.8, 4) is 17.2 Å². The molecule has 0 aliphatic carbocycles. The fourth-order valence-corrected chi connectivity index (χ4v) is 2.92. The molecule has 0 aliphatic rings. The van der Waals surface area contributed by atoms with Crippen LogP contribution in [-0.4, -0.2) is 20.6 Å². The van der Waals surface area contributed by atoms with Crippen molar-refractivity contribution >= 4 is 30.8 Å². The molecule has 11 heteroatoms. The molecule has 0 aromatic heterocycles. The van der Waals surface area contributed by atoms with Gasteiger partial charge in [0.25, 0.3) is 0 Å². The Morgan fingerprint density at radius 3 is 2.19 bits per heavy atom. The van der Waals surface area contributed by atoms with Crippen LogP contribution in [0, 0.1) is 0 Å². The van der Waals surface area contributed by atoms with Crippen molar-refractivity contribution in [3.05, 3.63) is 52.0 Å². The number of halogens is 5. The van der Waals surface area contributed by atoms with Crippen LogP contribution in [0.25, 0.3) is 0 Å². The fraction of sp³-hybridized carbons (Fsp3) is 0.250. The summed E-state index contributed by atoms with van der Waals surface area (Å²) in [7, 11) is -1.01. The first-order valence-electron chi connectivity index (χ1n) is 7.25. The van der Waals surface area contributed by atoms with Crippen LogP contribution in [0.2, 0.25) is 10.0 Å². The summed E-state index contributed by atoms with van der Waals surface area (Å²) in [5.41, 5.74) is -0.894. The molecular weight excluding hydrogens is 431 g/mol. The van der Waals surface area contributed by atoms with Crippen LogP contribution in [0.3, 0.4) is 0 Å². The zero-order valence-electron chi connectivity index (χ0n) is 14.0. The van der Waals surface area contributed by atoms with Crippen molar-refractivity contribution in [2.45, 2.75) is 6.18 Å². The topological polar surface area (TPSA) is 54.0 Å². The number of hydrogen-bond donors (Lipinski definition) is 0. The van der Waals surface area contributed by atoms with E-state index in [-0.39, 0.29) is 27.3 Å². The molecule has 148 valence electrons. The summed E-state index contributed by atoms with van der Waals surface area (Å²) < 4.78 is 70.4. The zero-order chi connectivity index (χ0) is 20.2. The average molecular weight is 445 g/mol. The first-order valence-corrected chi connectivity index (χ1v) is 9.74. The van der Waals surface area contributed by atoms with Crippen LogP contribution in [-0.2, 0) is 19.8 Å². The van der Waals surface area contributed by atoms with E-state index in [9.17, 15) is 17.7 Å². The molecule has 0 fully saturated rings. The summed E-state index contributed by atoms with van der Waals surface area (Å²) >= 11 is 11.9. The second-order valence-corrected chi connectivity index (χ2v) is 8.11. The minimum atomic E-state index is -4.51. The lowest BCUT2D eigenvalue weighted by molar-refractivity contribution is -0.137. The standard InChI is InChI=1S/C16H14Cl2F3O5P/c1-23-27(22,24-2)9-25-15-8-11(4-5-12(15)17)26-14-6-3-10(7-13(14)18)16(19,20)21/h3-8H,9H2,1-2H3. The summed E-state index contributed by atoms with van der Waals surface area (Å²) in [6.45, 7) is 0. The van der Waals surface area contributed by atoms with Crippen molar-refractivity contribution in [2.75, 3.05) is 20.6 Å². The van der Waals surface area contributed by atoms with Gasteiger partial charge in [-0.1, -0.05) is 23.2 Å².